The SMILES string of the molecule is CCOc1ccccc1CN(C)C(=O)/C=C/c1cnc2c(c1)CN(C)CC(=O)N2.Cl. The molecule has 1 N–H and O–H groups in total. The Labute approximate surface area is 183 Å². The fourth-order valence-electron chi connectivity index (χ4n) is 3.18. The number of hydrogen-bond donors (Lipinski definition) is 1. The number of carbonyl (C=O) groups excluding carboxylic acids is 2. The highest BCUT2D eigenvalue weighted by Gasteiger charge is 2.17. The van der Waals surface area contributed by atoms with Crippen molar-refractivity contribution in [1.29, 1.82) is 0 Å². The lowest BCUT2D eigenvalue weighted by molar-refractivity contribution is -0.125. The van der Waals surface area contributed by atoms with Gasteiger partial charge in [0.15, 0.2) is 0 Å². The average molecular weight is 431 g/mol. The van der Waals surface area contributed by atoms with Crippen molar-refractivity contribution in [2.45, 2.75) is 20.0 Å². The first kappa shape index (κ1) is 23.4. The first-order valence-electron chi connectivity index (χ1n) is 9.57. The Morgan fingerprint density at radius 1 is 1.33 bits per heavy atom. The van der Waals surface area contributed by atoms with E-state index in [4.69, 9.17) is 4.74 Å². The standard InChI is InChI=1S/C22H26N4O3.ClH/c1-4-29-19-8-6-5-7-17(19)14-26(3)21(28)10-9-16-11-18-13-25(2)15-20(27)24-22(18)23-12-16;/h5-12H,4,13-15H2,1-3H3,(H,23,24,27);1H/b10-9+;. The molecule has 0 fully saturated rings. The van der Waals surface area contributed by atoms with E-state index in [9.17, 15) is 9.59 Å². The number of aromatic nitrogens is 1. The second kappa shape index (κ2) is 10.8. The third-order valence-corrected chi connectivity index (χ3v) is 4.57. The highest BCUT2D eigenvalue weighted by atomic mass is 35.5. The molecule has 1 aromatic carbocycles. The second-order valence-electron chi connectivity index (χ2n) is 7.07. The zero-order chi connectivity index (χ0) is 20.8. The second-order valence-corrected chi connectivity index (χ2v) is 7.07. The minimum Gasteiger partial charge on any atom is -0.494 e. The van der Waals surface area contributed by atoms with E-state index in [1.165, 1.54) is 6.08 Å². The van der Waals surface area contributed by atoms with Gasteiger partial charge in [-0.15, -0.1) is 12.4 Å². The normalized spacial score (nSPS) is 13.8. The van der Waals surface area contributed by atoms with Crippen molar-refractivity contribution >= 4 is 36.1 Å². The molecule has 0 aliphatic carbocycles. The quantitative estimate of drug-likeness (QED) is 0.713. The maximum Gasteiger partial charge on any atom is 0.246 e. The van der Waals surface area contributed by atoms with E-state index >= 15 is 0 Å². The van der Waals surface area contributed by atoms with Crippen LogP contribution in [0.5, 0.6) is 5.75 Å². The molecule has 1 aromatic heterocycles. The van der Waals surface area contributed by atoms with Crippen LogP contribution in [0.25, 0.3) is 6.08 Å². The Morgan fingerprint density at radius 3 is 2.87 bits per heavy atom. The number of para-hydroxylation sites is 1. The van der Waals surface area contributed by atoms with Crippen LogP contribution in [-0.2, 0) is 22.7 Å². The van der Waals surface area contributed by atoms with Crippen LogP contribution >= 0.6 is 12.4 Å². The topological polar surface area (TPSA) is 74.8 Å². The van der Waals surface area contributed by atoms with Gasteiger partial charge in [0.2, 0.25) is 11.8 Å². The summed E-state index contributed by atoms with van der Waals surface area (Å²) in [6.45, 7) is 3.92. The third-order valence-electron chi connectivity index (χ3n) is 4.57. The molecule has 0 spiro atoms. The summed E-state index contributed by atoms with van der Waals surface area (Å²) in [5.41, 5.74) is 2.70. The van der Waals surface area contributed by atoms with Crippen molar-refractivity contribution in [3.05, 3.63) is 59.3 Å². The van der Waals surface area contributed by atoms with Crippen LogP contribution in [0.2, 0.25) is 0 Å². The van der Waals surface area contributed by atoms with Gasteiger partial charge < -0.3 is 15.0 Å². The van der Waals surface area contributed by atoms with Crippen LogP contribution < -0.4 is 10.1 Å². The number of ether oxygens (including phenoxy) is 1. The fourth-order valence-corrected chi connectivity index (χ4v) is 3.18. The van der Waals surface area contributed by atoms with Crippen molar-refractivity contribution in [2.24, 2.45) is 0 Å². The Balaban J connectivity index is 0.00000320. The molecular formula is C22H27ClN4O3. The minimum absolute atomic E-state index is 0. The summed E-state index contributed by atoms with van der Waals surface area (Å²) in [5.74, 6) is 1.18. The Morgan fingerprint density at radius 2 is 2.10 bits per heavy atom. The highest BCUT2D eigenvalue weighted by molar-refractivity contribution is 5.93. The molecule has 3 rings (SSSR count). The molecule has 7 nitrogen and oxygen atoms in total. The van der Waals surface area contributed by atoms with Crippen molar-refractivity contribution in [3.8, 4) is 5.75 Å². The monoisotopic (exact) mass is 430 g/mol. The predicted molar refractivity (Wildman–Crippen MR) is 120 cm³/mol. The van der Waals surface area contributed by atoms with Crippen LogP contribution in [-0.4, -0.2) is 53.8 Å². The molecule has 8 heteroatoms. The molecule has 2 aromatic rings. The van der Waals surface area contributed by atoms with E-state index in [2.05, 4.69) is 10.3 Å². The summed E-state index contributed by atoms with van der Waals surface area (Å²) in [4.78, 5) is 32.2. The predicted octanol–water partition coefficient (Wildman–Crippen LogP) is 2.96. The molecule has 0 saturated carbocycles. The molecule has 0 bridgehead atoms. The molecule has 1 aliphatic heterocycles. The zero-order valence-corrected chi connectivity index (χ0v) is 18.2. The molecule has 0 atom stereocenters. The van der Waals surface area contributed by atoms with Crippen LogP contribution in [0.4, 0.5) is 5.82 Å². The number of carbonyl (C=O) groups is 2. The van der Waals surface area contributed by atoms with Gasteiger partial charge in [-0.1, -0.05) is 18.2 Å². The summed E-state index contributed by atoms with van der Waals surface area (Å²) in [6, 6.07) is 9.66. The molecule has 160 valence electrons. The van der Waals surface area contributed by atoms with E-state index in [-0.39, 0.29) is 24.2 Å². The number of amides is 2. The molecule has 30 heavy (non-hydrogen) atoms. The highest BCUT2D eigenvalue weighted by Crippen LogP contribution is 2.21. The van der Waals surface area contributed by atoms with Gasteiger partial charge in [-0.25, -0.2) is 4.98 Å². The van der Waals surface area contributed by atoms with Gasteiger partial charge in [-0.3, -0.25) is 14.5 Å². The van der Waals surface area contributed by atoms with Crippen LogP contribution in [0.3, 0.4) is 0 Å². The minimum atomic E-state index is -0.114. The first-order chi connectivity index (χ1) is 14.0. The van der Waals surface area contributed by atoms with E-state index in [1.54, 1.807) is 24.2 Å². The molecule has 0 saturated heterocycles. The number of hydrogen-bond acceptors (Lipinski definition) is 5. The number of halogens is 1. The molecule has 2 amide bonds. The van der Waals surface area contributed by atoms with E-state index in [1.807, 2.05) is 49.2 Å². The van der Waals surface area contributed by atoms with Crippen molar-refractivity contribution in [3.63, 3.8) is 0 Å². The molecule has 0 radical (unpaired) electrons. The third kappa shape index (κ3) is 6.05. The summed E-state index contributed by atoms with van der Waals surface area (Å²) < 4.78 is 5.63. The maximum absolute atomic E-state index is 12.5. The van der Waals surface area contributed by atoms with Gasteiger partial charge in [0.25, 0.3) is 0 Å². The van der Waals surface area contributed by atoms with Crippen molar-refractivity contribution in [1.82, 2.24) is 14.8 Å². The number of likely N-dealkylation sites (N-methyl/N-ethyl adjacent to an activating group) is 2. The zero-order valence-electron chi connectivity index (χ0n) is 17.4. The summed E-state index contributed by atoms with van der Waals surface area (Å²) in [7, 11) is 3.64. The lowest BCUT2D eigenvalue weighted by Gasteiger charge is -2.17. The first-order valence-corrected chi connectivity index (χ1v) is 9.57. The number of nitrogens with zero attached hydrogens (tertiary/aromatic N) is 3. The van der Waals surface area contributed by atoms with Gasteiger partial charge in [-0.2, -0.15) is 0 Å². The van der Waals surface area contributed by atoms with Crippen LogP contribution in [0.1, 0.15) is 23.6 Å². The molecule has 2 heterocycles. The van der Waals surface area contributed by atoms with Crippen molar-refractivity contribution in [2.75, 3.05) is 32.6 Å². The van der Waals surface area contributed by atoms with Crippen LogP contribution in [0, 0.1) is 0 Å². The fraction of sp³-hybridized carbons (Fsp3) is 0.318. The maximum atomic E-state index is 12.5. The summed E-state index contributed by atoms with van der Waals surface area (Å²) >= 11 is 0. The number of benzene rings is 1. The van der Waals surface area contributed by atoms with E-state index < -0.39 is 0 Å². The van der Waals surface area contributed by atoms with Crippen molar-refractivity contribution < 1.29 is 14.3 Å². The Bertz CT molecular complexity index is 932. The summed E-state index contributed by atoms with van der Waals surface area (Å²) in [6.07, 6.45) is 4.93. The lowest BCUT2D eigenvalue weighted by Crippen LogP contribution is -2.26. The number of anilines is 1. The van der Waals surface area contributed by atoms with Gasteiger partial charge in [0.05, 0.1) is 13.2 Å². The lowest BCUT2D eigenvalue weighted by atomic mass is 10.1. The number of fused-ring (bicyclic) bond motifs is 1. The van der Waals surface area contributed by atoms with Gasteiger partial charge >= 0.3 is 0 Å². The molecular weight excluding hydrogens is 404 g/mol. The van der Waals surface area contributed by atoms with Gasteiger partial charge in [0.1, 0.15) is 11.6 Å². The Kier molecular flexibility index (Phi) is 8.38. The number of nitrogens with one attached hydrogen (secondary N) is 1. The largest absolute Gasteiger partial charge is 0.494 e. The van der Waals surface area contributed by atoms with E-state index in [0.717, 1.165) is 22.4 Å². The molecule has 1 aliphatic rings. The van der Waals surface area contributed by atoms with Gasteiger partial charge in [-0.05, 0) is 37.7 Å². The average Bonchev–Trinajstić information content (AvgIpc) is 2.83. The Hall–Kier alpha value is -2.90. The van der Waals surface area contributed by atoms with Crippen LogP contribution in [0.15, 0.2) is 42.6 Å². The summed E-state index contributed by atoms with van der Waals surface area (Å²) in [5, 5.41) is 2.80. The van der Waals surface area contributed by atoms with Gasteiger partial charge in [0, 0.05) is 43.5 Å². The number of rotatable bonds is 6. The van der Waals surface area contributed by atoms with E-state index in [0.29, 0.717) is 32.1 Å². The molecule has 0 unspecified atom stereocenters. The smallest absolute Gasteiger partial charge is 0.246 e. The number of pyridine rings is 1.